The van der Waals surface area contributed by atoms with Gasteiger partial charge in [0.05, 0.1) is 18.7 Å². The lowest BCUT2D eigenvalue weighted by atomic mass is 9.90. The molecule has 2 amide bonds. The van der Waals surface area contributed by atoms with E-state index in [4.69, 9.17) is 10.00 Å². The Balaban J connectivity index is 1.69. The number of nitrogens with one attached hydrogen (secondary N) is 1. The lowest BCUT2D eigenvalue weighted by Crippen LogP contribution is -2.38. The van der Waals surface area contributed by atoms with E-state index < -0.39 is 0 Å². The third-order valence-electron chi connectivity index (χ3n) is 5.08. The van der Waals surface area contributed by atoms with Gasteiger partial charge in [-0.05, 0) is 54.8 Å². The first-order chi connectivity index (χ1) is 14.0. The minimum atomic E-state index is -0.312. The molecular weight excluding hydrogens is 366 g/mol. The number of hydrogen-bond donors (Lipinski definition) is 1. The highest BCUT2D eigenvalue weighted by Crippen LogP contribution is 2.28. The highest BCUT2D eigenvalue weighted by atomic mass is 16.5. The van der Waals surface area contributed by atoms with E-state index in [0.717, 1.165) is 24.9 Å². The van der Waals surface area contributed by atoms with E-state index in [1.807, 2.05) is 35.2 Å². The van der Waals surface area contributed by atoms with Crippen molar-refractivity contribution in [2.24, 2.45) is 0 Å². The molecule has 0 spiro atoms. The summed E-state index contributed by atoms with van der Waals surface area (Å²) in [5.41, 5.74) is 2.52. The van der Waals surface area contributed by atoms with Crippen molar-refractivity contribution in [2.45, 2.75) is 18.8 Å². The fourth-order valence-corrected chi connectivity index (χ4v) is 3.53. The number of amides is 2. The van der Waals surface area contributed by atoms with Gasteiger partial charge >= 0.3 is 0 Å². The van der Waals surface area contributed by atoms with Crippen LogP contribution in [0.5, 0.6) is 5.75 Å². The van der Waals surface area contributed by atoms with Crippen LogP contribution in [0.2, 0.25) is 0 Å². The van der Waals surface area contributed by atoms with Gasteiger partial charge in [0.15, 0.2) is 0 Å². The number of piperidine rings is 1. The predicted molar refractivity (Wildman–Crippen MR) is 111 cm³/mol. The van der Waals surface area contributed by atoms with Crippen LogP contribution in [0.15, 0.2) is 55.1 Å². The van der Waals surface area contributed by atoms with Crippen LogP contribution in [0.25, 0.3) is 0 Å². The molecule has 0 bridgehead atoms. The maximum absolute atomic E-state index is 12.6. The molecule has 148 valence electrons. The lowest BCUT2D eigenvalue weighted by molar-refractivity contribution is -0.127. The monoisotopic (exact) mass is 389 g/mol. The highest BCUT2D eigenvalue weighted by molar-refractivity contribution is 6.04. The van der Waals surface area contributed by atoms with Gasteiger partial charge in [0.25, 0.3) is 5.91 Å². The Labute approximate surface area is 170 Å². The van der Waals surface area contributed by atoms with E-state index in [-0.39, 0.29) is 17.7 Å². The van der Waals surface area contributed by atoms with Crippen LogP contribution in [0.1, 0.15) is 40.2 Å². The molecule has 3 rings (SSSR count). The van der Waals surface area contributed by atoms with E-state index >= 15 is 0 Å². The van der Waals surface area contributed by atoms with Crippen molar-refractivity contribution in [3.05, 3.63) is 71.8 Å². The van der Waals surface area contributed by atoms with Gasteiger partial charge in [-0.25, -0.2) is 0 Å². The normalized spacial score (nSPS) is 15.9. The van der Waals surface area contributed by atoms with Crippen molar-refractivity contribution in [3.63, 3.8) is 0 Å². The maximum atomic E-state index is 12.6. The zero-order chi connectivity index (χ0) is 20.8. The number of ether oxygens (including phenoxy) is 1. The number of hydrogen-bond acceptors (Lipinski definition) is 4. The standard InChI is InChI=1S/C23H23N3O3/c1-3-22(27)26-10-4-5-18(15-26)17-6-8-20(9-7-17)25-23(28)19-11-16(14-24)12-21(13-19)29-2/h3,6-9,11-13,18H,1,4-5,10,15H2,2H3,(H,25,28). The zero-order valence-electron chi connectivity index (χ0n) is 16.4. The van der Waals surface area contributed by atoms with Crippen LogP contribution < -0.4 is 10.1 Å². The number of nitriles is 1. The molecular formula is C23H23N3O3. The number of methoxy groups -OCH3 is 1. The van der Waals surface area contributed by atoms with Crippen LogP contribution in [0.4, 0.5) is 5.69 Å². The summed E-state index contributed by atoms with van der Waals surface area (Å²) in [5, 5.41) is 12.0. The summed E-state index contributed by atoms with van der Waals surface area (Å²) in [4.78, 5) is 26.3. The Bertz CT molecular complexity index is 960. The molecule has 0 aromatic heterocycles. The predicted octanol–water partition coefficient (Wildman–Crippen LogP) is 3.71. The van der Waals surface area contributed by atoms with E-state index in [9.17, 15) is 9.59 Å². The molecule has 1 atom stereocenters. The molecule has 2 aromatic carbocycles. The Morgan fingerprint density at radius 3 is 2.69 bits per heavy atom. The molecule has 1 unspecified atom stereocenters. The quantitative estimate of drug-likeness (QED) is 0.791. The van der Waals surface area contributed by atoms with Crippen LogP contribution >= 0.6 is 0 Å². The Morgan fingerprint density at radius 2 is 2.03 bits per heavy atom. The Kier molecular flexibility index (Phi) is 6.30. The summed E-state index contributed by atoms with van der Waals surface area (Å²) in [5.74, 6) is 0.386. The van der Waals surface area contributed by atoms with Gasteiger partial charge in [0.2, 0.25) is 5.91 Å². The van der Waals surface area contributed by atoms with Crippen LogP contribution in [-0.2, 0) is 4.79 Å². The van der Waals surface area contributed by atoms with Crippen LogP contribution in [0, 0.1) is 11.3 Å². The highest BCUT2D eigenvalue weighted by Gasteiger charge is 2.23. The SMILES string of the molecule is C=CC(=O)N1CCCC(c2ccc(NC(=O)c3cc(C#N)cc(OC)c3)cc2)C1. The average Bonchev–Trinajstić information content (AvgIpc) is 2.78. The number of rotatable bonds is 5. The molecule has 2 aromatic rings. The first kappa shape index (κ1) is 20.2. The molecule has 6 nitrogen and oxygen atoms in total. The molecule has 1 heterocycles. The zero-order valence-corrected chi connectivity index (χ0v) is 16.4. The summed E-state index contributed by atoms with van der Waals surface area (Å²) >= 11 is 0. The second-order valence-corrected chi connectivity index (χ2v) is 6.97. The van der Waals surface area contributed by atoms with Crippen molar-refractivity contribution >= 4 is 17.5 Å². The molecule has 0 saturated carbocycles. The molecule has 29 heavy (non-hydrogen) atoms. The number of benzene rings is 2. The summed E-state index contributed by atoms with van der Waals surface area (Å²) in [6.07, 6.45) is 3.34. The first-order valence-corrected chi connectivity index (χ1v) is 9.46. The number of anilines is 1. The second-order valence-electron chi connectivity index (χ2n) is 6.97. The van der Waals surface area contributed by atoms with Crippen LogP contribution in [-0.4, -0.2) is 36.9 Å². The van der Waals surface area contributed by atoms with Crippen molar-refractivity contribution in [1.29, 1.82) is 5.26 Å². The third kappa shape index (κ3) is 4.82. The molecule has 1 saturated heterocycles. The van der Waals surface area contributed by atoms with Gasteiger partial charge in [0, 0.05) is 30.3 Å². The third-order valence-corrected chi connectivity index (χ3v) is 5.08. The van der Waals surface area contributed by atoms with Crippen LogP contribution in [0.3, 0.4) is 0 Å². The van der Waals surface area contributed by atoms with Gasteiger partial charge < -0.3 is 15.0 Å². The lowest BCUT2D eigenvalue weighted by Gasteiger charge is -2.32. The van der Waals surface area contributed by atoms with Gasteiger partial charge in [-0.1, -0.05) is 18.7 Å². The van der Waals surface area contributed by atoms with E-state index in [2.05, 4.69) is 11.9 Å². The molecule has 1 fully saturated rings. The number of likely N-dealkylation sites (tertiary alicyclic amines) is 1. The fraction of sp³-hybridized carbons (Fsp3) is 0.261. The second kappa shape index (κ2) is 9.07. The van der Waals surface area contributed by atoms with E-state index in [1.165, 1.54) is 19.3 Å². The molecule has 1 N–H and O–H groups in total. The minimum absolute atomic E-state index is 0.0337. The number of carbonyl (C=O) groups excluding carboxylic acids is 2. The molecule has 6 heteroatoms. The Hall–Kier alpha value is -3.59. The van der Waals surface area contributed by atoms with Gasteiger partial charge in [-0.2, -0.15) is 5.26 Å². The van der Waals surface area contributed by atoms with Gasteiger partial charge in [-0.15, -0.1) is 0 Å². The van der Waals surface area contributed by atoms with Crippen molar-refractivity contribution in [1.82, 2.24) is 4.90 Å². The summed E-state index contributed by atoms with van der Waals surface area (Å²) < 4.78 is 5.15. The van der Waals surface area contributed by atoms with Gasteiger partial charge in [0.1, 0.15) is 5.75 Å². The summed E-state index contributed by atoms with van der Waals surface area (Å²) in [6, 6.07) is 14.4. The van der Waals surface area contributed by atoms with E-state index in [0.29, 0.717) is 29.1 Å². The molecule has 0 radical (unpaired) electrons. The molecule has 1 aliphatic heterocycles. The van der Waals surface area contributed by atoms with E-state index in [1.54, 1.807) is 12.1 Å². The molecule has 1 aliphatic rings. The molecule has 0 aliphatic carbocycles. The number of carbonyl (C=O) groups is 2. The largest absolute Gasteiger partial charge is 0.497 e. The van der Waals surface area contributed by atoms with Gasteiger partial charge in [-0.3, -0.25) is 9.59 Å². The number of nitrogens with zero attached hydrogens (tertiary/aromatic N) is 2. The van der Waals surface area contributed by atoms with Crippen molar-refractivity contribution in [2.75, 3.05) is 25.5 Å². The fourth-order valence-electron chi connectivity index (χ4n) is 3.53. The van der Waals surface area contributed by atoms with Crippen molar-refractivity contribution < 1.29 is 14.3 Å². The summed E-state index contributed by atoms with van der Waals surface area (Å²) in [7, 11) is 1.49. The maximum Gasteiger partial charge on any atom is 0.255 e. The Morgan fingerprint density at radius 1 is 1.28 bits per heavy atom. The average molecular weight is 389 g/mol. The first-order valence-electron chi connectivity index (χ1n) is 9.46. The minimum Gasteiger partial charge on any atom is -0.497 e. The smallest absolute Gasteiger partial charge is 0.255 e. The summed E-state index contributed by atoms with van der Waals surface area (Å²) in [6.45, 7) is 5.00. The van der Waals surface area contributed by atoms with Crippen molar-refractivity contribution in [3.8, 4) is 11.8 Å². The topological polar surface area (TPSA) is 82.4 Å².